The largest absolute Gasteiger partial charge is 0.478 e. The predicted octanol–water partition coefficient (Wildman–Crippen LogP) is 3.27. The van der Waals surface area contributed by atoms with E-state index in [-0.39, 0.29) is 11.5 Å². The lowest BCUT2D eigenvalue weighted by Crippen LogP contribution is -2.17. The van der Waals surface area contributed by atoms with Crippen molar-refractivity contribution in [3.8, 4) is 11.3 Å². The smallest absolute Gasteiger partial charge is 0.335 e. The fourth-order valence-corrected chi connectivity index (χ4v) is 3.76. The number of carbonyl (C=O) groups is 2. The highest BCUT2D eigenvalue weighted by molar-refractivity contribution is 7.23. The number of aromatic carboxylic acids is 1. The van der Waals surface area contributed by atoms with Gasteiger partial charge in [-0.3, -0.25) is 9.20 Å². The molecule has 0 atom stereocenters. The third-order valence-electron chi connectivity index (χ3n) is 4.01. The molecule has 6 nitrogen and oxygen atoms in total. The first-order valence-electron chi connectivity index (χ1n) is 7.54. The number of benzene rings is 2. The van der Waals surface area contributed by atoms with Gasteiger partial charge in [0.05, 0.1) is 21.5 Å². The van der Waals surface area contributed by atoms with E-state index in [2.05, 4.69) is 10.3 Å². The molecule has 4 aromatic rings. The number of aromatic nitrogens is 2. The second-order valence-corrected chi connectivity index (χ2v) is 6.53. The van der Waals surface area contributed by atoms with Gasteiger partial charge in [0.25, 0.3) is 5.91 Å². The lowest BCUT2D eigenvalue weighted by Gasteiger charge is -2.01. The molecule has 124 valence electrons. The molecule has 0 saturated carbocycles. The van der Waals surface area contributed by atoms with Gasteiger partial charge < -0.3 is 10.4 Å². The van der Waals surface area contributed by atoms with Crippen LogP contribution in [0.1, 0.15) is 20.7 Å². The third-order valence-corrected chi connectivity index (χ3v) is 5.03. The molecule has 2 aromatic heterocycles. The highest BCUT2D eigenvalue weighted by Gasteiger charge is 2.13. The van der Waals surface area contributed by atoms with Crippen molar-refractivity contribution < 1.29 is 14.7 Å². The molecule has 2 N–H and O–H groups in total. The normalized spacial score (nSPS) is 11.1. The summed E-state index contributed by atoms with van der Waals surface area (Å²) < 4.78 is 2.83. The Hall–Kier alpha value is -3.19. The van der Waals surface area contributed by atoms with Crippen LogP contribution < -0.4 is 5.32 Å². The minimum absolute atomic E-state index is 0.127. The first-order valence-corrected chi connectivity index (χ1v) is 8.36. The SMILES string of the molecule is CNC(=O)c1ccc(-c2cn3c(n2)sc2cc(C(=O)O)ccc23)cc1. The van der Waals surface area contributed by atoms with E-state index in [4.69, 9.17) is 5.11 Å². The van der Waals surface area contributed by atoms with E-state index < -0.39 is 5.97 Å². The molecule has 0 aliphatic rings. The van der Waals surface area contributed by atoms with E-state index >= 15 is 0 Å². The molecule has 0 bridgehead atoms. The van der Waals surface area contributed by atoms with Crippen LogP contribution in [-0.4, -0.2) is 33.4 Å². The Bertz CT molecular complexity index is 1130. The number of hydrogen-bond donors (Lipinski definition) is 2. The first-order chi connectivity index (χ1) is 12.1. The monoisotopic (exact) mass is 351 g/mol. The second-order valence-electron chi connectivity index (χ2n) is 5.52. The summed E-state index contributed by atoms with van der Waals surface area (Å²) in [7, 11) is 1.60. The molecule has 0 radical (unpaired) electrons. The van der Waals surface area contributed by atoms with E-state index in [0.717, 1.165) is 26.4 Å². The maximum absolute atomic E-state index is 11.6. The van der Waals surface area contributed by atoms with Crippen molar-refractivity contribution in [2.75, 3.05) is 7.05 Å². The average molecular weight is 351 g/mol. The Morgan fingerprint density at radius 2 is 1.84 bits per heavy atom. The molecule has 0 saturated heterocycles. The molecule has 0 aliphatic heterocycles. The van der Waals surface area contributed by atoms with Crippen LogP contribution in [0.4, 0.5) is 0 Å². The Morgan fingerprint density at radius 3 is 2.52 bits per heavy atom. The average Bonchev–Trinajstić information content (AvgIpc) is 3.18. The molecule has 0 aliphatic carbocycles. The first kappa shape index (κ1) is 15.3. The number of nitrogens with one attached hydrogen (secondary N) is 1. The molecule has 1 amide bonds. The summed E-state index contributed by atoms with van der Waals surface area (Å²) in [6.45, 7) is 0. The van der Waals surface area contributed by atoms with Gasteiger partial charge in [-0.2, -0.15) is 0 Å². The molecule has 25 heavy (non-hydrogen) atoms. The molecule has 7 heteroatoms. The number of carboxylic acids is 1. The van der Waals surface area contributed by atoms with Gasteiger partial charge in [-0.1, -0.05) is 23.5 Å². The molecule has 4 rings (SSSR count). The Balaban J connectivity index is 1.76. The quantitative estimate of drug-likeness (QED) is 0.593. The summed E-state index contributed by atoms with van der Waals surface area (Å²) in [5, 5.41) is 11.7. The van der Waals surface area contributed by atoms with Gasteiger partial charge in [-0.15, -0.1) is 0 Å². The number of carbonyl (C=O) groups excluding carboxylic acids is 1. The fraction of sp³-hybridized carbons (Fsp3) is 0.0556. The number of hydrogen-bond acceptors (Lipinski definition) is 4. The van der Waals surface area contributed by atoms with Crippen LogP contribution >= 0.6 is 11.3 Å². The zero-order valence-corrected chi connectivity index (χ0v) is 14.0. The van der Waals surface area contributed by atoms with Crippen LogP contribution in [0.15, 0.2) is 48.7 Å². The lowest BCUT2D eigenvalue weighted by molar-refractivity contribution is 0.0697. The number of thiazole rings is 1. The number of imidazole rings is 1. The molecule has 0 unspecified atom stereocenters. The van der Waals surface area contributed by atoms with Crippen LogP contribution in [0.3, 0.4) is 0 Å². The minimum Gasteiger partial charge on any atom is -0.478 e. The molecular weight excluding hydrogens is 338 g/mol. The van der Waals surface area contributed by atoms with Gasteiger partial charge in [0, 0.05) is 24.4 Å². The number of fused-ring (bicyclic) bond motifs is 3. The van der Waals surface area contributed by atoms with Crippen molar-refractivity contribution in [1.29, 1.82) is 0 Å². The van der Waals surface area contributed by atoms with Crippen LogP contribution in [0, 0.1) is 0 Å². The van der Waals surface area contributed by atoms with E-state index in [1.54, 1.807) is 37.4 Å². The summed E-state index contributed by atoms with van der Waals surface area (Å²) >= 11 is 1.44. The fourth-order valence-electron chi connectivity index (χ4n) is 2.71. The van der Waals surface area contributed by atoms with Gasteiger partial charge in [0.2, 0.25) is 0 Å². The maximum Gasteiger partial charge on any atom is 0.335 e. The van der Waals surface area contributed by atoms with Gasteiger partial charge in [-0.05, 0) is 30.3 Å². The molecule has 0 fully saturated rings. The maximum atomic E-state index is 11.6. The minimum atomic E-state index is -0.940. The highest BCUT2D eigenvalue weighted by atomic mass is 32.1. The number of amides is 1. The number of rotatable bonds is 3. The van der Waals surface area contributed by atoms with Crippen LogP contribution in [0.5, 0.6) is 0 Å². The van der Waals surface area contributed by atoms with Gasteiger partial charge >= 0.3 is 5.97 Å². The highest BCUT2D eigenvalue weighted by Crippen LogP contribution is 2.30. The van der Waals surface area contributed by atoms with Gasteiger partial charge in [-0.25, -0.2) is 9.78 Å². The van der Waals surface area contributed by atoms with E-state index in [0.29, 0.717) is 5.56 Å². The van der Waals surface area contributed by atoms with Crippen LogP contribution in [-0.2, 0) is 0 Å². The van der Waals surface area contributed by atoms with Crippen molar-refractivity contribution in [2.45, 2.75) is 0 Å². The summed E-state index contributed by atoms with van der Waals surface area (Å²) in [4.78, 5) is 28.1. The predicted molar refractivity (Wildman–Crippen MR) is 96.4 cm³/mol. The van der Waals surface area contributed by atoms with Crippen molar-refractivity contribution in [1.82, 2.24) is 14.7 Å². The van der Waals surface area contributed by atoms with E-state index in [9.17, 15) is 9.59 Å². The van der Waals surface area contributed by atoms with Gasteiger partial charge in [0.15, 0.2) is 4.96 Å². The standard InChI is InChI=1S/C18H13N3O3S/c1-19-16(22)11-4-2-10(3-5-11)13-9-21-14-7-6-12(17(23)24)8-15(14)25-18(21)20-13/h2-9H,1H3,(H,19,22)(H,23,24). The van der Waals surface area contributed by atoms with Crippen molar-refractivity contribution in [3.05, 3.63) is 59.8 Å². The summed E-state index contributed by atoms with van der Waals surface area (Å²) in [6, 6.07) is 12.3. The van der Waals surface area contributed by atoms with Gasteiger partial charge in [0.1, 0.15) is 0 Å². The lowest BCUT2D eigenvalue weighted by atomic mass is 10.1. The zero-order valence-electron chi connectivity index (χ0n) is 13.2. The molecule has 2 aromatic carbocycles. The number of nitrogens with zero attached hydrogens (tertiary/aromatic N) is 2. The number of carboxylic acid groups (broad SMARTS) is 1. The van der Waals surface area contributed by atoms with Crippen molar-refractivity contribution in [2.24, 2.45) is 0 Å². The second kappa shape index (κ2) is 5.71. The summed E-state index contributed by atoms with van der Waals surface area (Å²) in [5.41, 5.74) is 3.50. The third kappa shape index (κ3) is 2.54. The molecule has 0 spiro atoms. The van der Waals surface area contributed by atoms with E-state index in [1.807, 2.05) is 22.7 Å². The molecule has 2 heterocycles. The summed E-state index contributed by atoms with van der Waals surface area (Å²) in [6.07, 6.45) is 1.92. The zero-order chi connectivity index (χ0) is 17.6. The van der Waals surface area contributed by atoms with Crippen LogP contribution in [0.25, 0.3) is 26.4 Å². The molecular formula is C18H13N3O3S. The van der Waals surface area contributed by atoms with Crippen LogP contribution in [0.2, 0.25) is 0 Å². The summed E-state index contributed by atoms with van der Waals surface area (Å²) in [5.74, 6) is -1.07. The topological polar surface area (TPSA) is 83.7 Å². The Labute approximate surface area is 146 Å². The van der Waals surface area contributed by atoms with E-state index in [1.165, 1.54) is 11.3 Å². The Kier molecular flexibility index (Phi) is 3.51. The Morgan fingerprint density at radius 1 is 1.12 bits per heavy atom. The van der Waals surface area contributed by atoms with Crippen molar-refractivity contribution >= 4 is 38.4 Å². The van der Waals surface area contributed by atoms with Crippen molar-refractivity contribution in [3.63, 3.8) is 0 Å².